The largest absolute Gasteiger partial charge is 0.507 e. The zero-order chi connectivity index (χ0) is 28.4. The van der Waals surface area contributed by atoms with Crippen LogP contribution in [0.4, 0.5) is 0 Å². The summed E-state index contributed by atoms with van der Waals surface area (Å²) in [5, 5.41) is 20.5. The van der Waals surface area contributed by atoms with Crippen LogP contribution in [-0.4, -0.2) is 16.5 Å². The molecule has 0 spiro atoms. The molecule has 0 amide bonds. The Morgan fingerprint density at radius 2 is 0.974 bits per heavy atom. The molecule has 0 bridgehead atoms. The molecule has 1 unspecified atom stereocenters. The summed E-state index contributed by atoms with van der Waals surface area (Å²) in [6.07, 6.45) is 24.3. The molecule has 0 radical (unpaired) electrons. The van der Waals surface area contributed by atoms with Crippen LogP contribution in [0, 0.1) is 0 Å². The number of rotatable bonds is 21. The number of phenolic OH excluding ortho intramolecular Hbond substituents is 1. The van der Waals surface area contributed by atoms with Crippen LogP contribution in [0.1, 0.15) is 181 Å². The van der Waals surface area contributed by atoms with Crippen molar-refractivity contribution in [3.05, 3.63) is 28.8 Å². The van der Waals surface area contributed by atoms with Gasteiger partial charge in [-0.2, -0.15) is 0 Å². The fourth-order valence-electron chi connectivity index (χ4n) is 5.48. The third-order valence-corrected chi connectivity index (χ3v) is 8.07. The summed E-state index contributed by atoms with van der Waals surface area (Å²) in [5.41, 5.74) is 2.96. The molecule has 1 rings (SSSR count). The van der Waals surface area contributed by atoms with Crippen LogP contribution in [0.2, 0.25) is 0 Å². The number of phenols is 1. The highest BCUT2D eigenvalue weighted by Crippen LogP contribution is 2.40. The molecule has 1 atom stereocenters. The summed E-state index contributed by atoms with van der Waals surface area (Å²) in [7, 11) is 0. The van der Waals surface area contributed by atoms with Crippen molar-refractivity contribution in [1.82, 2.24) is 0 Å². The first-order valence-corrected chi connectivity index (χ1v) is 16.2. The fourth-order valence-corrected chi connectivity index (χ4v) is 5.48. The van der Waals surface area contributed by atoms with Gasteiger partial charge < -0.3 is 5.11 Å². The topological polar surface area (TPSA) is 49.7 Å². The molecule has 3 nitrogen and oxygen atoms in total. The van der Waals surface area contributed by atoms with E-state index >= 15 is 0 Å². The van der Waals surface area contributed by atoms with Crippen molar-refractivity contribution in [2.24, 2.45) is 0 Å². The second kappa shape index (κ2) is 19.1. The number of benzene rings is 1. The lowest BCUT2D eigenvalue weighted by Gasteiger charge is -2.28. The first kappa shape index (κ1) is 35.0. The van der Waals surface area contributed by atoms with Crippen LogP contribution in [0.3, 0.4) is 0 Å². The highest BCUT2D eigenvalue weighted by Gasteiger charge is 2.26. The maximum Gasteiger partial charge on any atom is 0.123 e. The van der Waals surface area contributed by atoms with Crippen LogP contribution in [0.5, 0.6) is 5.75 Å². The Morgan fingerprint density at radius 3 is 1.32 bits per heavy atom. The Morgan fingerprint density at radius 1 is 0.605 bits per heavy atom. The van der Waals surface area contributed by atoms with Gasteiger partial charge >= 0.3 is 0 Å². The van der Waals surface area contributed by atoms with Crippen LogP contribution >= 0.6 is 0 Å². The van der Waals surface area contributed by atoms with Gasteiger partial charge in [0.15, 0.2) is 0 Å². The van der Waals surface area contributed by atoms with Gasteiger partial charge in [-0.3, -0.25) is 5.26 Å². The molecule has 0 aliphatic rings. The lowest BCUT2D eigenvalue weighted by Crippen LogP contribution is -2.18. The number of aromatic hydroxyl groups is 1. The van der Waals surface area contributed by atoms with Gasteiger partial charge in [-0.15, -0.1) is 0 Å². The van der Waals surface area contributed by atoms with E-state index in [-0.39, 0.29) is 16.9 Å². The van der Waals surface area contributed by atoms with Crippen LogP contribution in [0.25, 0.3) is 0 Å². The van der Waals surface area contributed by atoms with E-state index in [1.165, 1.54) is 102 Å². The first-order chi connectivity index (χ1) is 18.0. The van der Waals surface area contributed by atoms with Gasteiger partial charge in [0.2, 0.25) is 0 Å². The predicted octanol–water partition coefficient (Wildman–Crippen LogP) is 11.4. The zero-order valence-electron chi connectivity index (χ0n) is 26.5. The van der Waals surface area contributed by atoms with Gasteiger partial charge in [0.25, 0.3) is 0 Å². The molecule has 0 heterocycles. The lowest BCUT2D eigenvalue weighted by atomic mass is 9.78. The summed E-state index contributed by atoms with van der Waals surface area (Å²) in [6.45, 7) is 15.2. The monoisotopic (exact) mass is 532 g/mol. The fraction of sp³-hybridized carbons (Fsp3) is 0.829. The Labute approximate surface area is 237 Å². The molecule has 1 aromatic rings. The molecule has 0 fully saturated rings. The van der Waals surface area contributed by atoms with E-state index in [9.17, 15) is 10.4 Å². The van der Waals surface area contributed by atoms with E-state index < -0.39 is 0 Å². The highest BCUT2D eigenvalue weighted by molar-refractivity contribution is 5.49. The maximum atomic E-state index is 11.0. The van der Waals surface area contributed by atoms with Crippen molar-refractivity contribution in [2.45, 2.75) is 187 Å². The van der Waals surface area contributed by atoms with Crippen molar-refractivity contribution < 1.29 is 15.3 Å². The first-order valence-electron chi connectivity index (χ1n) is 16.2. The molecule has 38 heavy (non-hydrogen) atoms. The van der Waals surface area contributed by atoms with Gasteiger partial charge in [-0.1, -0.05) is 163 Å². The van der Waals surface area contributed by atoms with E-state index in [4.69, 9.17) is 4.89 Å². The Balaban J connectivity index is 2.23. The van der Waals surface area contributed by atoms with E-state index in [0.29, 0.717) is 5.75 Å². The van der Waals surface area contributed by atoms with Gasteiger partial charge in [0, 0.05) is 0 Å². The summed E-state index contributed by atoms with van der Waals surface area (Å²) < 4.78 is 0. The second-order valence-electron chi connectivity index (χ2n) is 13.9. The van der Waals surface area contributed by atoms with Crippen molar-refractivity contribution in [3.63, 3.8) is 0 Å². The van der Waals surface area contributed by atoms with Crippen molar-refractivity contribution in [2.75, 3.05) is 0 Å². The smallest absolute Gasteiger partial charge is 0.123 e. The number of hydrogen-bond donors (Lipinski definition) is 2. The van der Waals surface area contributed by atoms with Crippen molar-refractivity contribution in [1.29, 1.82) is 0 Å². The van der Waals surface area contributed by atoms with Crippen molar-refractivity contribution >= 4 is 0 Å². The van der Waals surface area contributed by atoms with Gasteiger partial charge in [-0.25, -0.2) is 4.89 Å². The van der Waals surface area contributed by atoms with Crippen LogP contribution in [0.15, 0.2) is 12.1 Å². The van der Waals surface area contributed by atoms with E-state index in [2.05, 4.69) is 60.6 Å². The van der Waals surface area contributed by atoms with Crippen molar-refractivity contribution in [3.8, 4) is 5.75 Å². The average Bonchev–Trinajstić information content (AvgIpc) is 2.84. The van der Waals surface area contributed by atoms with Gasteiger partial charge in [0.1, 0.15) is 5.75 Å². The normalized spacial score (nSPS) is 13.3. The van der Waals surface area contributed by atoms with E-state index in [0.717, 1.165) is 36.8 Å². The molecule has 222 valence electrons. The minimum Gasteiger partial charge on any atom is -0.507 e. The van der Waals surface area contributed by atoms with Gasteiger partial charge in [-0.05, 0) is 46.8 Å². The Hall–Kier alpha value is -1.06. The minimum atomic E-state index is -0.124. The number of aryl methyl sites for hydroxylation is 1. The summed E-state index contributed by atoms with van der Waals surface area (Å²) >= 11 is 0. The van der Waals surface area contributed by atoms with E-state index in [1.807, 2.05) is 0 Å². The molecule has 0 saturated carbocycles. The third-order valence-electron chi connectivity index (χ3n) is 8.07. The van der Waals surface area contributed by atoms with Gasteiger partial charge in [0.05, 0.1) is 6.10 Å². The second-order valence-corrected chi connectivity index (χ2v) is 13.9. The zero-order valence-corrected chi connectivity index (χ0v) is 26.5. The Kier molecular flexibility index (Phi) is 17.6. The van der Waals surface area contributed by atoms with Crippen LogP contribution in [-0.2, 0) is 22.1 Å². The summed E-state index contributed by atoms with van der Waals surface area (Å²) in [6, 6.07) is 4.29. The molecular weight excluding hydrogens is 468 g/mol. The van der Waals surface area contributed by atoms with E-state index in [1.54, 1.807) is 0 Å². The molecule has 3 heteroatoms. The molecule has 1 aromatic carbocycles. The number of hydrogen-bond acceptors (Lipinski definition) is 3. The molecule has 2 N–H and O–H groups in total. The summed E-state index contributed by atoms with van der Waals surface area (Å²) in [4.78, 5) is 4.87. The molecular formula is C35H64O3. The maximum absolute atomic E-state index is 11.0. The molecule has 0 aromatic heterocycles. The molecule has 0 aliphatic heterocycles. The lowest BCUT2D eigenvalue weighted by molar-refractivity contribution is -0.281. The molecule has 0 saturated heterocycles. The standard InChI is InChI=1S/C35H64O3/c1-8-9-10-11-12-13-14-15-16-17-18-19-20-21-22-23-24-30(38-37)26-25-29-27-31(34(2,3)4)33(36)32(28-29)35(5,6)7/h27-28,30,36-37H,8-26H2,1-7H3. The minimum absolute atomic E-state index is 0.119. The number of unbranched alkanes of at least 4 members (excludes halogenated alkanes) is 15. The SMILES string of the molecule is CCCCCCCCCCCCCCCCCCC(CCc1cc(C(C)(C)C)c(O)c(C(C)(C)C)c1)OO. The predicted molar refractivity (Wildman–Crippen MR) is 165 cm³/mol. The quantitative estimate of drug-likeness (QED) is 0.0940. The summed E-state index contributed by atoms with van der Waals surface area (Å²) in [5.74, 6) is 0.428. The third kappa shape index (κ3) is 14.9. The Bertz CT molecular complexity index is 691. The highest BCUT2D eigenvalue weighted by atomic mass is 17.1. The van der Waals surface area contributed by atoms with Crippen LogP contribution < -0.4 is 0 Å². The average molecular weight is 533 g/mol. The molecule has 0 aliphatic carbocycles.